The Morgan fingerprint density at radius 3 is 2.69 bits per heavy atom. The number of nitrogens with one attached hydrogen (secondary N) is 1. The van der Waals surface area contributed by atoms with Crippen molar-refractivity contribution >= 4 is 5.91 Å². The number of ether oxygens (including phenoxy) is 1. The Balaban J connectivity index is 1.40. The molecule has 2 saturated heterocycles. The van der Waals surface area contributed by atoms with E-state index in [4.69, 9.17) is 4.74 Å². The van der Waals surface area contributed by atoms with E-state index in [1.807, 2.05) is 43.6 Å². The van der Waals surface area contributed by atoms with Gasteiger partial charge >= 0.3 is 0 Å². The summed E-state index contributed by atoms with van der Waals surface area (Å²) in [5.41, 5.74) is 2.89. The van der Waals surface area contributed by atoms with Crippen LogP contribution in [0.3, 0.4) is 0 Å². The molecule has 0 saturated carbocycles. The molecule has 2 atom stereocenters. The number of carbonyl (C=O) groups excluding carboxylic acids is 1. The predicted molar refractivity (Wildman–Crippen MR) is 137 cm³/mol. The lowest BCUT2D eigenvalue weighted by Gasteiger charge is -2.49. The third kappa shape index (κ3) is 5.19. The highest BCUT2D eigenvalue weighted by molar-refractivity contribution is 5.94. The molecule has 2 aliphatic heterocycles. The van der Waals surface area contributed by atoms with E-state index < -0.39 is 0 Å². The molecule has 0 bridgehead atoms. The van der Waals surface area contributed by atoms with Gasteiger partial charge < -0.3 is 19.5 Å². The third-order valence-corrected chi connectivity index (χ3v) is 7.66. The first kappa shape index (κ1) is 23.8. The maximum Gasteiger partial charge on any atom is 0.254 e. The highest BCUT2D eigenvalue weighted by Crippen LogP contribution is 2.43. The Kier molecular flexibility index (Phi) is 7.02. The van der Waals surface area contributed by atoms with Crippen LogP contribution in [0.15, 0.2) is 67.0 Å². The number of aromatic nitrogens is 2. The fourth-order valence-corrected chi connectivity index (χ4v) is 5.78. The minimum absolute atomic E-state index is 0.00505. The van der Waals surface area contributed by atoms with Crippen molar-refractivity contribution in [3.63, 3.8) is 0 Å². The highest BCUT2D eigenvalue weighted by atomic mass is 16.5. The summed E-state index contributed by atoms with van der Waals surface area (Å²) >= 11 is 0. The van der Waals surface area contributed by atoms with Gasteiger partial charge in [-0.1, -0.05) is 42.5 Å². The van der Waals surface area contributed by atoms with Crippen LogP contribution in [0.2, 0.25) is 0 Å². The molecule has 2 fully saturated rings. The molecular formula is C29H36N4O2. The van der Waals surface area contributed by atoms with Gasteiger partial charge in [0.2, 0.25) is 0 Å². The van der Waals surface area contributed by atoms with Crippen molar-refractivity contribution in [3.05, 3.63) is 89.5 Å². The summed E-state index contributed by atoms with van der Waals surface area (Å²) in [6.07, 6.45) is 7.49. The zero-order chi connectivity index (χ0) is 24.3. The van der Waals surface area contributed by atoms with Gasteiger partial charge in [-0.05, 0) is 75.9 Å². The Morgan fingerprint density at radius 2 is 1.97 bits per heavy atom. The highest BCUT2D eigenvalue weighted by Gasteiger charge is 2.45. The molecule has 2 aliphatic rings. The standard InChI is InChI=1S/C29H36N4O2/c1-3-33(28(34)25-11-7-8-23(18-25)21-32-17-16-31-22(32)2)26-19-27(24-9-5-4-6-10-24)35-29(20-26)12-14-30-15-13-29/h4-11,16-18,26-27,30H,3,12-15,19-21H2,1-2H3/t26-,27-/m0/s1. The van der Waals surface area contributed by atoms with E-state index in [1.54, 1.807) is 0 Å². The summed E-state index contributed by atoms with van der Waals surface area (Å²) in [5, 5.41) is 3.48. The summed E-state index contributed by atoms with van der Waals surface area (Å²) in [7, 11) is 0. The van der Waals surface area contributed by atoms with Crippen molar-refractivity contribution in [2.24, 2.45) is 0 Å². The van der Waals surface area contributed by atoms with Gasteiger partial charge in [-0.25, -0.2) is 4.98 Å². The molecule has 35 heavy (non-hydrogen) atoms. The van der Waals surface area contributed by atoms with Gasteiger partial charge in [0.25, 0.3) is 5.91 Å². The molecule has 6 nitrogen and oxygen atoms in total. The fraction of sp³-hybridized carbons (Fsp3) is 0.448. The number of benzene rings is 2. The molecule has 1 spiro atoms. The van der Waals surface area contributed by atoms with Gasteiger partial charge in [0, 0.05) is 37.1 Å². The van der Waals surface area contributed by atoms with Crippen molar-refractivity contribution in [3.8, 4) is 0 Å². The van der Waals surface area contributed by atoms with E-state index in [9.17, 15) is 4.79 Å². The maximum atomic E-state index is 13.9. The second-order valence-corrected chi connectivity index (χ2v) is 9.94. The number of hydrogen-bond acceptors (Lipinski definition) is 4. The molecule has 0 unspecified atom stereocenters. The van der Waals surface area contributed by atoms with Crippen LogP contribution >= 0.6 is 0 Å². The first-order valence-corrected chi connectivity index (χ1v) is 12.9. The van der Waals surface area contributed by atoms with Crippen molar-refractivity contribution in [1.82, 2.24) is 19.8 Å². The van der Waals surface area contributed by atoms with Crippen LogP contribution in [-0.4, -0.2) is 51.6 Å². The Labute approximate surface area is 208 Å². The zero-order valence-electron chi connectivity index (χ0n) is 20.8. The summed E-state index contributed by atoms with van der Waals surface area (Å²) in [6.45, 7) is 7.41. The Morgan fingerprint density at radius 1 is 1.17 bits per heavy atom. The van der Waals surface area contributed by atoms with E-state index in [2.05, 4.69) is 57.0 Å². The van der Waals surface area contributed by atoms with Crippen LogP contribution in [0.1, 0.15) is 66.0 Å². The lowest BCUT2D eigenvalue weighted by atomic mass is 9.79. The number of amides is 1. The molecular weight excluding hydrogens is 436 g/mol. The molecule has 184 valence electrons. The summed E-state index contributed by atoms with van der Waals surface area (Å²) < 4.78 is 8.92. The smallest absolute Gasteiger partial charge is 0.254 e. The normalized spacial score (nSPS) is 21.7. The molecule has 2 aromatic carbocycles. The molecule has 5 rings (SSSR count). The number of piperidine rings is 1. The lowest BCUT2D eigenvalue weighted by molar-refractivity contribution is -0.162. The summed E-state index contributed by atoms with van der Waals surface area (Å²) in [4.78, 5) is 20.3. The average molecular weight is 473 g/mol. The van der Waals surface area contributed by atoms with E-state index in [0.717, 1.165) is 55.7 Å². The van der Waals surface area contributed by atoms with Crippen LogP contribution in [0, 0.1) is 6.92 Å². The average Bonchev–Trinajstić information content (AvgIpc) is 3.29. The Hall–Kier alpha value is -2.96. The third-order valence-electron chi connectivity index (χ3n) is 7.66. The molecule has 0 radical (unpaired) electrons. The number of rotatable bonds is 6. The van der Waals surface area contributed by atoms with Gasteiger partial charge in [0.1, 0.15) is 5.82 Å². The van der Waals surface area contributed by atoms with Gasteiger partial charge in [-0.3, -0.25) is 4.79 Å². The maximum absolute atomic E-state index is 13.9. The van der Waals surface area contributed by atoms with Gasteiger partial charge in [0.15, 0.2) is 0 Å². The van der Waals surface area contributed by atoms with Crippen molar-refractivity contribution in [1.29, 1.82) is 0 Å². The van der Waals surface area contributed by atoms with E-state index in [1.165, 1.54) is 5.56 Å². The van der Waals surface area contributed by atoms with Gasteiger partial charge in [0.05, 0.1) is 11.7 Å². The van der Waals surface area contributed by atoms with E-state index >= 15 is 0 Å². The number of aryl methyl sites for hydroxylation is 1. The van der Waals surface area contributed by atoms with Crippen LogP contribution in [0.25, 0.3) is 0 Å². The topological polar surface area (TPSA) is 59.4 Å². The number of hydrogen-bond donors (Lipinski definition) is 1. The predicted octanol–water partition coefficient (Wildman–Crippen LogP) is 4.74. The lowest BCUT2D eigenvalue weighted by Crippen LogP contribution is -2.54. The Bertz CT molecular complexity index is 1140. The van der Waals surface area contributed by atoms with E-state index in [0.29, 0.717) is 13.1 Å². The van der Waals surface area contributed by atoms with E-state index in [-0.39, 0.29) is 23.7 Å². The second kappa shape index (κ2) is 10.3. The van der Waals surface area contributed by atoms with Crippen LogP contribution < -0.4 is 5.32 Å². The minimum atomic E-state index is -0.177. The largest absolute Gasteiger partial charge is 0.367 e. The minimum Gasteiger partial charge on any atom is -0.367 e. The summed E-state index contributed by atoms with van der Waals surface area (Å²) in [6, 6.07) is 18.7. The van der Waals surface area contributed by atoms with Crippen molar-refractivity contribution in [2.75, 3.05) is 19.6 Å². The van der Waals surface area contributed by atoms with Crippen molar-refractivity contribution in [2.45, 2.75) is 63.8 Å². The van der Waals surface area contributed by atoms with Crippen molar-refractivity contribution < 1.29 is 9.53 Å². The SMILES string of the molecule is CCN(C(=O)c1cccc(Cn2ccnc2C)c1)[C@H]1C[C@@H](c2ccccc2)OC2(CCNCC2)C1. The second-order valence-electron chi connectivity index (χ2n) is 9.94. The molecule has 0 aliphatic carbocycles. The van der Waals surface area contributed by atoms with Gasteiger partial charge in [-0.2, -0.15) is 0 Å². The van der Waals surface area contributed by atoms with Crippen LogP contribution in [0.4, 0.5) is 0 Å². The van der Waals surface area contributed by atoms with Crippen LogP contribution in [0.5, 0.6) is 0 Å². The molecule has 1 aromatic heterocycles. The number of nitrogens with zero attached hydrogens (tertiary/aromatic N) is 3. The monoisotopic (exact) mass is 472 g/mol. The van der Waals surface area contributed by atoms with Crippen LogP contribution in [-0.2, 0) is 11.3 Å². The molecule has 3 heterocycles. The van der Waals surface area contributed by atoms with Gasteiger partial charge in [-0.15, -0.1) is 0 Å². The molecule has 1 N–H and O–H groups in total. The molecule has 1 amide bonds. The quantitative estimate of drug-likeness (QED) is 0.563. The molecule has 3 aromatic rings. The first-order chi connectivity index (χ1) is 17.1. The fourth-order valence-electron chi connectivity index (χ4n) is 5.78. The zero-order valence-corrected chi connectivity index (χ0v) is 20.8. The number of carbonyl (C=O) groups is 1. The number of imidazole rings is 1. The summed E-state index contributed by atoms with van der Waals surface area (Å²) in [5.74, 6) is 1.08. The first-order valence-electron chi connectivity index (χ1n) is 12.9. The molecule has 6 heteroatoms.